The van der Waals surface area contributed by atoms with Gasteiger partial charge in [-0.1, -0.05) is 31.2 Å². The summed E-state index contributed by atoms with van der Waals surface area (Å²) in [6.07, 6.45) is 6.30. The van der Waals surface area contributed by atoms with E-state index in [2.05, 4.69) is 36.5 Å². The lowest BCUT2D eigenvalue weighted by Gasteiger charge is -2.39. The molecule has 3 N–H and O–H groups in total. The lowest BCUT2D eigenvalue weighted by molar-refractivity contribution is 0.270. The van der Waals surface area contributed by atoms with Gasteiger partial charge in [-0.25, -0.2) is 0 Å². The van der Waals surface area contributed by atoms with Gasteiger partial charge < -0.3 is 11.1 Å². The van der Waals surface area contributed by atoms with Crippen molar-refractivity contribution in [3.63, 3.8) is 0 Å². The molecule has 19 heavy (non-hydrogen) atoms. The lowest BCUT2D eigenvalue weighted by Crippen LogP contribution is -2.56. The zero-order valence-electron chi connectivity index (χ0n) is 12.0. The molecule has 0 amide bonds. The maximum atomic E-state index is 6.11. The highest BCUT2D eigenvalue weighted by atomic mass is 15.0. The molecule has 104 valence electrons. The van der Waals surface area contributed by atoms with Gasteiger partial charge in [0.15, 0.2) is 0 Å². The number of aryl methyl sites for hydroxylation is 1. The molecule has 2 unspecified atom stereocenters. The molecule has 0 saturated heterocycles. The second-order valence-corrected chi connectivity index (χ2v) is 6.63. The Labute approximate surface area is 116 Å². The Bertz CT molecular complexity index is 439. The quantitative estimate of drug-likeness (QED) is 0.851. The predicted molar refractivity (Wildman–Crippen MR) is 80.1 cm³/mol. The van der Waals surface area contributed by atoms with Crippen LogP contribution in [-0.4, -0.2) is 18.6 Å². The molecule has 2 atom stereocenters. The van der Waals surface area contributed by atoms with Crippen LogP contribution in [0.25, 0.3) is 0 Å². The van der Waals surface area contributed by atoms with Gasteiger partial charge in [-0.3, -0.25) is 0 Å². The average Bonchev–Trinajstić information content (AvgIpc) is 3.29. The van der Waals surface area contributed by atoms with Crippen LogP contribution in [0.5, 0.6) is 0 Å². The van der Waals surface area contributed by atoms with E-state index in [0.717, 1.165) is 37.8 Å². The highest BCUT2D eigenvalue weighted by molar-refractivity contribution is 5.32. The number of hydrogen-bond donors (Lipinski definition) is 2. The predicted octanol–water partition coefficient (Wildman–Crippen LogP) is 2.51. The van der Waals surface area contributed by atoms with E-state index in [1.54, 1.807) is 0 Å². The average molecular weight is 258 g/mol. The van der Waals surface area contributed by atoms with Crippen molar-refractivity contribution in [1.82, 2.24) is 5.32 Å². The molecule has 3 rings (SSSR count). The molecule has 0 heterocycles. The zero-order valence-corrected chi connectivity index (χ0v) is 12.0. The number of benzene rings is 1. The Hall–Kier alpha value is -0.860. The summed E-state index contributed by atoms with van der Waals surface area (Å²) in [6, 6.07) is 8.84. The Morgan fingerprint density at radius 1 is 1.32 bits per heavy atom. The van der Waals surface area contributed by atoms with Gasteiger partial charge >= 0.3 is 0 Å². The summed E-state index contributed by atoms with van der Waals surface area (Å²) in [5.74, 6) is 1.78. The second-order valence-electron chi connectivity index (χ2n) is 6.63. The van der Waals surface area contributed by atoms with Crippen LogP contribution in [0.2, 0.25) is 0 Å². The first-order chi connectivity index (χ1) is 9.22. The van der Waals surface area contributed by atoms with Gasteiger partial charge in [0.2, 0.25) is 0 Å². The molecule has 1 aromatic rings. The standard InChI is InChI=1S/C17H26N2/c1-13(14-6-7-14)11-19-17(12-18)9-8-15-4-2-3-5-16(15)10-17/h2-5,13-14,19H,6-12,18H2,1H3. The fourth-order valence-corrected chi connectivity index (χ4v) is 3.41. The van der Waals surface area contributed by atoms with Crippen molar-refractivity contribution in [3.8, 4) is 0 Å². The van der Waals surface area contributed by atoms with Crippen molar-refractivity contribution in [2.45, 2.75) is 44.6 Å². The third-order valence-electron chi connectivity index (χ3n) is 5.14. The van der Waals surface area contributed by atoms with Crippen molar-refractivity contribution >= 4 is 0 Å². The second kappa shape index (κ2) is 5.26. The van der Waals surface area contributed by atoms with Crippen LogP contribution in [0.3, 0.4) is 0 Å². The Balaban J connectivity index is 1.66. The van der Waals surface area contributed by atoms with Crippen molar-refractivity contribution in [2.24, 2.45) is 17.6 Å². The number of nitrogens with two attached hydrogens (primary N) is 1. The summed E-state index contributed by atoms with van der Waals surface area (Å²) < 4.78 is 0. The molecule has 2 nitrogen and oxygen atoms in total. The molecule has 0 aliphatic heterocycles. The monoisotopic (exact) mass is 258 g/mol. The molecular formula is C17H26N2. The van der Waals surface area contributed by atoms with E-state index < -0.39 is 0 Å². The maximum Gasteiger partial charge on any atom is 0.0347 e. The first kappa shape index (κ1) is 13.1. The van der Waals surface area contributed by atoms with E-state index >= 15 is 0 Å². The topological polar surface area (TPSA) is 38.0 Å². The van der Waals surface area contributed by atoms with Crippen molar-refractivity contribution < 1.29 is 0 Å². The van der Waals surface area contributed by atoms with Crippen LogP contribution in [0.1, 0.15) is 37.3 Å². The highest BCUT2D eigenvalue weighted by Crippen LogP contribution is 2.37. The van der Waals surface area contributed by atoms with Crippen molar-refractivity contribution in [3.05, 3.63) is 35.4 Å². The number of hydrogen-bond acceptors (Lipinski definition) is 2. The summed E-state index contributed by atoms with van der Waals surface area (Å²) in [4.78, 5) is 0. The zero-order chi connectivity index (χ0) is 13.3. The molecular weight excluding hydrogens is 232 g/mol. The molecule has 1 aromatic carbocycles. The normalized spacial score (nSPS) is 27.9. The molecule has 0 radical (unpaired) electrons. The smallest absolute Gasteiger partial charge is 0.0347 e. The number of fused-ring (bicyclic) bond motifs is 1. The third-order valence-corrected chi connectivity index (χ3v) is 5.14. The minimum absolute atomic E-state index is 0.136. The highest BCUT2D eigenvalue weighted by Gasteiger charge is 2.34. The first-order valence-corrected chi connectivity index (χ1v) is 7.74. The van der Waals surface area contributed by atoms with E-state index in [4.69, 9.17) is 5.73 Å². The van der Waals surface area contributed by atoms with Gasteiger partial charge in [0.25, 0.3) is 0 Å². The van der Waals surface area contributed by atoms with Crippen molar-refractivity contribution in [1.29, 1.82) is 0 Å². The lowest BCUT2D eigenvalue weighted by atomic mass is 9.77. The fourth-order valence-electron chi connectivity index (χ4n) is 3.41. The molecule has 0 aromatic heterocycles. The summed E-state index contributed by atoms with van der Waals surface area (Å²) in [7, 11) is 0. The SMILES string of the molecule is CC(CNC1(CN)CCc2ccccc2C1)C1CC1. The molecule has 1 fully saturated rings. The largest absolute Gasteiger partial charge is 0.329 e. The molecule has 2 heteroatoms. The van der Waals surface area contributed by atoms with Gasteiger partial charge in [-0.05, 0) is 61.6 Å². The van der Waals surface area contributed by atoms with Crippen LogP contribution < -0.4 is 11.1 Å². The van der Waals surface area contributed by atoms with Gasteiger partial charge in [-0.2, -0.15) is 0 Å². The van der Waals surface area contributed by atoms with E-state index in [1.165, 1.54) is 30.4 Å². The molecule has 1 saturated carbocycles. The molecule has 0 bridgehead atoms. The van der Waals surface area contributed by atoms with E-state index in [9.17, 15) is 0 Å². The third kappa shape index (κ3) is 2.85. The van der Waals surface area contributed by atoms with Crippen LogP contribution in [0.4, 0.5) is 0 Å². The molecule has 0 spiro atoms. The Morgan fingerprint density at radius 3 is 2.74 bits per heavy atom. The summed E-state index contributed by atoms with van der Waals surface area (Å²) >= 11 is 0. The number of nitrogens with one attached hydrogen (secondary N) is 1. The van der Waals surface area contributed by atoms with E-state index in [0.29, 0.717) is 0 Å². The van der Waals surface area contributed by atoms with Crippen molar-refractivity contribution in [2.75, 3.05) is 13.1 Å². The minimum Gasteiger partial charge on any atom is -0.329 e. The van der Waals surface area contributed by atoms with E-state index in [1.807, 2.05) is 0 Å². The van der Waals surface area contributed by atoms with E-state index in [-0.39, 0.29) is 5.54 Å². The van der Waals surface area contributed by atoms with Gasteiger partial charge in [-0.15, -0.1) is 0 Å². The van der Waals surface area contributed by atoms with Gasteiger partial charge in [0.1, 0.15) is 0 Å². The van der Waals surface area contributed by atoms with Gasteiger partial charge in [0.05, 0.1) is 0 Å². The summed E-state index contributed by atoms with van der Waals surface area (Å²) in [5.41, 5.74) is 9.26. The summed E-state index contributed by atoms with van der Waals surface area (Å²) in [6.45, 7) is 4.26. The van der Waals surface area contributed by atoms with Crippen LogP contribution in [0.15, 0.2) is 24.3 Å². The van der Waals surface area contributed by atoms with Crippen LogP contribution in [-0.2, 0) is 12.8 Å². The maximum absolute atomic E-state index is 6.11. The Morgan fingerprint density at radius 2 is 2.05 bits per heavy atom. The fraction of sp³-hybridized carbons (Fsp3) is 0.647. The van der Waals surface area contributed by atoms with Crippen LogP contribution >= 0.6 is 0 Å². The molecule has 2 aliphatic rings. The number of rotatable bonds is 5. The van der Waals surface area contributed by atoms with Gasteiger partial charge in [0, 0.05) is 12.1 Å². The Kier molecular flexibility index (Phi) is 3.64. The minimum atomic E-state index is 0.136. The molecule has 2 aliphatic carbocycles. The van der Waals surface area contributed by atoms with Crippen LogP contribution in [0, 0.1) is 11.8 Å². The summed E-state index contributed by atoms with van der Waals surface area (Å²) in [5, 5.41) is 3.82. The first-order valence-electron chi connectivity index (χ1n) is 7.74.